The molecule has 0 bridgehead atoms. The largest absolute Gasteiger partial charge is 0.493 e. The Hall–Kier alpha value is -1.97. The molecule has 1 amide bonds. The Balaban J connectivity index is 1.86. The van der Waals surface area contributed by atoms with Gasteiger partial charge in [0.2, 0.25) is 0 Å². The van der Waals surface area contributed by atoms with E-state index in [0.29, 0.717) is 17.5 Å². The van der Waals surface area contributed by atoms with Gasteiger partial charge in [-0.1, -0.05) is 25.1 Å². The Kier molecular flexibility index (Phi) is 6.51. The number of allylic oxidation sites excluding steroid dienone is 1. The molecule has 126 valence electrons. The topological polar surface area (TPSA) is 47.6 Å². The van der Waals surface area contributed by atoms with Gasteiger partial charge in [-0.15, -0.1) is 0 Å². The van der Waals surface area contributed by atoms with Crippen LogP contribution in [0.3, 0.4) is 0 Å². The Bertz CT molecular complexity index is 546. The van der Waals surface area contributed by atoms with Gasteiger partial charge in [0.05, 0.1) is 7.11 Å². The minimum absolute atomic E-state index is 0.0192. The lowest BCUT2D eigenvalue weighted by Crippen LogP contribution is -2.39. The molecular formula is C19H27NO3. The molecule has 4 nitrogen and oxygen atoms in total. The van der Waals surface area contributed by atoms with Crippen LogP contribution in [0.25, 0.3) is 6.08 Å². The van der Waals surface area contributed by atoms with Gasteiger partial charge in [-0.05, 0) is 56.2 Å². The maximum absolute atomic E-state index is 12.0. The summed E-state index contributed by atoms with van der Waals surface area (Å²) in [4.78, 5) is 12.0. The average Bonchev–Trinajstić information content (AvgIpc) is 2.56. The van der Waals surface area contributed by atoms with Crippen LogP contribution in [0, 0.1) is 5.92 Å². The van der Waals surface area contributed by atoms with Crippen LogP contribution < -0.4 is 14.8 Å². The zero-order chi connectivity index (χ0) is 16.7. The first-order chi connectivity index (χ1) is 11.1. The zero-order valence-electron chi connectivity index (χ0n) is 14.3. The number of amides is 1. The van der Waals surface area contributed by atoms with E-state index in [9.17, 15) is 4.79 Å². The first-order valence-electron chi connectivity index (χ1n) is 8.35. The third kappa shape index (κ3) is 5.31. The van der Waals surface area contributed by atoms with Gasteiger partial charge in [-0.2, -0.15) is 0 Å². The van der Waals surface area contributed by atoms with Crippen molar-refractivity contribution in [1.82, 2.24) is 5.32 Å². The van der Waals surface area contributed by atoms with E-state index in [1.54, 1.807) is 7.11 Å². The van der Waals surface area contributed by atoms with Crippen LogP contribution in [-0.4, -0.2) is 25.7 Å². The van der Waals surface area contributed by atoms with Gasteiger partial charge in [0, 0.05) is 6.04 Å². The number of rotatable bonds is 6. The number of ether oxygens (including phenoxy) is 2. The van der Waals surface area contributed by atoms with Gasteiger partial charge < -0.3 is 14.8 Å². The van der Waals surface area contributed by atoms with E-state index in [2.05, 4.69) is 12.2 Å². The smallest absolute Gasteiger partial charge is 0.258 e. The maximum Gasteiger partial charge on any atom is 0.258 e. The van der Waals surface area contributed by atoms with Crippen molar-refractivity contribution >= 4 is 12.0 Å². The first kappa shape index (κ1) is 17.4. The summed E-state index contributed by atoms with van der Waals surface area (Å²) < 4.78 is 11.0. The third-order valence-corrected chi connectivity index (χ3v) is 4.29. The van der Waals surface area contributed by atoms with Crippen LogP contribution in [0.2, 0.25) is 0 Å². The number of nitrogens with one attached hydrogen (secondary N) is 1. The molecule has 0 radical (unpaired) electrons. The summed E-state index contributed by atoms with van der Waals surface area (Å²) in [6, 6.07) is 5.97. The maximum atomic E-state index is 12.0. The van der Waals surface area contributed by atoms with Crippen LogP contribution in [-0.2, 0) is 4.79 Å². The fraction of sp³-hybridized carbons (Fsp3) is 0.526. The highest BCUT2D eigenvalue weighted by Crippen LogP contribution is 2.28. The lowest BCUT2D eigenvalue weighted by molar-refractivity contribution is -0.124. The van der Waals surface area contributed by atoms with Crippen molar-refractivity contribution in [2.45, 2.75) is 45.6 Å². The second kappa shape index (κ2) is 8.61. The van der Waals surface area contributed by atoms with Crippen LogP contribution in [0.4, 0.5) is 0 Å². The molecule has 1 saturated carbocycles. The number of methoxy groups -OCH3 is 1. The van der Waals surface area contributed by atoms with Crippen molar-refractivity contribution in [3.63, 3.8) is 0 Å². The van der Waals surface area contributed by atoms with E-state index in [0.717, 1.165) is 24.3 Å². The molecule has 0 saturated heterocycles. The van der Waals surface area contributed by atoms with E-state index < -0.39 is 0 Å². The van der Waals surface area contributed by atoms with Gasteiger partial charge >= 0.3 is 0 Å². The summed E-state index contributed by atoms with van der Waals surface area (Å²) >= 11 is 0. The highest BCUT2D eigenvalue weighted by atomic mass is 16.5. The fourth-order valence-electron chi connectivity index (χ4n) is 2.92. The van der Waals surface area contributed by atoms with Gasteiger partial charge in [0.25, 0.3) is 5.91 Å². The molecule has 0 atom stereocenters. The lowest BCUT2D eigenvalue weighted by Gasteiger charge is -2.26. The SMILES string of the molecule is C/C=C/c1ccc(OCC(=O)NC2CCC(C)CC2)c(OC)c1. The van der Waals surface area contributed by atoms with E-state index in [-0.39, 0.29) is 12.5 Å². The molecule has 0 spiro atoms. The Morgan fingerprint density at radius 2 is 2.00 bits per heavy atom. The minimum Gasteiger partial charge on any atom is -0.493 e. The van der Waals surface area contributed by atoms with Crippen molar-refractivity contribution in [2.75, 3.05) is 13.7 Å². The highest BCUT2D eigenvalue weighted by Gasteiger charge is 2.20. The minimum atomic E-state index is -0.0656. The van der Waals surface area contributed by atoms with Gasteiger partial charge in [-0.25, -0.2) is 0 Å². The summed E-state index contributed by atoms with van der Waals surface area (Å²) in [5, 5.41) is 3.06. The standard InChI is InChI=1S/C19H27NO3/c1-4-5-15-8-11-17(18(12-15)22-3)23-13-19(21)20-16-9-6-14(2)7-10-16/h4-5,8,11-12,14,16H,6-7,9-10,13H2,1-3H3,(H,20,21)/b5-4+. The van der Waals surface area contributed by atoms with Gasteiger partial charge in [0.15, 0.2) is 18.1 Å². The van der Waals surface area contributed by atoms with Crippen LogP contribution in [0.1, 0.15) is 45.1 Å². The van der Waals surface area contributed by atoms with E-state index in [1.807, 2.05) is 37.3 Å². The molecule has 1 aliphatic carbocycles. The molecule has 2 rings (SSSR count). The predicted octanol–water partition coefficient (Wildman–Crippen LogP) is 3.80. The normalized spacial score (nSPS) is 21.2. The average molecular weight is 317 g/mol. The summed E-state index contributed by atoms with van der Waals surface area (Å²) in [5.74, 6) is 1.94. The van der Waals surface area contributed by atoms with Gasteiger partial charge in [-0.3, -0.25) is 4.79 Å². The number of hydrogen-bond acceptors (Lipinski definition) is 3. The van der Waals surface area contributed by atoms with E-state index in [4.69, 9.17) is 9.47 Å². The second-order valence-corrected chi connectivity index (χ2v) is 6.22. The molecule has 23 heavy (non-hydrogen) atoms. The Morgan fingerprint density at radius 3 is 2.65 bits per heavy atom. The fourth-order valence-corrected chi connectivity index (χ4v) is 2.92. The number of carbonyl (C=O) groups excluding carboxylic acids is 1. The molecule has 0 aliphatic heterocycles. The molecule has 4 heteroatoms. The predicted molar refractivity (Wildman–Crippen MR) is 92.8 cm³/mol. The summed E-state index contributed by atoms with van der Waals surface area (Å²) in [5.41, 5.74) is 1.04. The third-order valence-electron chi connectivity index (χ3n) is 4.29. The van der Waals surface area contributed by atoms with Crippen molar-refractivity contribution < 1.29 is 14.3 Å². The lowest BCUT2D eigenvalue weighted by atomic mass is 9.87. The molecule has 1 aromatic carbocycles. The molecule has 1 N–H and O–H groups in total. The number of hydrogen-bond donors (Lipinski definition) is 1. The second-order valence-electron chi connectivity index (χ2n) is 6.22. The van der Waals surface area contributed by atoms with E-state index in [1.165, 1.54) is 12.8 Å². The van der Waals surface area contributed by atoms with Crippen molar-refractivity contribution in [3.05, 3.63) is 29.8 Å². The number of carbonyl (C=O) groups is 1. The molecule has 0 unspecified atom stereocenters. The molecule has 1 aliphatic rings. The molecule has 0 heterocycles. The summed E-state index contributed by atoms with van der Waals surface area (Å²) in [7, 11) is 1.60. The molecule has 1 fully saturated rings. The highest BCUT2D eigenvalue weighted by molar-refractivity contribution is 5.78. The van der Waals surface area contributed by atoms with Crippen molar-refractivity contribution in [3.8, 4) is 11.5 Å². The Morgan fingerprint density at radius 1 is 1.26 bits per heavy atom. The van der Waals surface area contributed by atoms with Crippen molar-refractivity contribution in [2.24, 2.45) is 5.92 Å². The Labute approximate surface area is 138 Å². The molecular weight excluding hydrogens is 290 g/mol. The quantitative estimate of drug-likeness (QED) is 0.868. The monoisotopic (exact) mass is 317 g/mol. The van der Waals surface area contributed by atoms with Crippen LogP contribution in [0.15, 0.2) is 24.3 Å². The molecule has 0 aromatic heterocycles. The summed E-state index contributed by atoms with van der Waals surface area (Å²) in [6.07, 6.45) is 8.46. The zero-order valence-corrected chi connectivity index (χ0v) is 14.3. The summed E-state index contributed by atoms with van der Waals surface area (Å²) in [6.45, 7) is 4.25. The number of benzene rings is 1. The first-order valence-corrected chi connectivity index (χ1v) is 8.35. The molecule has 1 aromatic rings. The van der Waals surface area contributed by atoms with Gasteiger partial charge in [0.1, 0.15) is 0 Å². The van der Waals surface area contributed by atoms with Crippen LogP contribution in [0.5, 0.6) is 11.5 Å². The van der Waals surface area contributed by atoms with Crippen LogP contribution >= 0.6 is 0 Å². The van der Waals surface area contributed by atoms with Crippen molar-refractivity contribution in [1.29, 1.82) is 0 Å². The van der Waals surface area contributed by atoms with E-state index >= 15 is 0 Å².